The van der Waals surface area contributed by atoms with E-state index in [9.17, 15) is 4.79 Å². The van der Waals surface area contributed by atoms with Gasteiger partial charge in [0.25, 0.3) is 0 Å². The van der Waals surface area contributed by atoms with Gasteiger partial charge in [-0.25, -0.2) is 0 Å². The minimum Gasteiger partial charge on any atom is -0.469 e. The van der Waals surface area contributed by atoms with Crippen LogP contribution < -0.4 is 11.1 Å². The topological polar surface area (TPSA) is 64.3 Å². The Morgan fingerprint density at radius 3 is 2.91 bits per heavy atom. The predicted octanol–water partition coefficient (Wildman–Crippen LogP) is -0.904. The summed E-state index contributed by atoms with van der Waals surface area (Å²) < 4.78 is 4.60. The standard InChI is InChI=1S/C7H14N2O2/c1-11-7(10)5-2-6(8)4-9-3-5/h5-6,9H,2-4,8H2,1H3/t5-,6+/m1/s1. The van der Waals surface area contributed by atoms with E-state index in [1.54, 1.807) is 0 Å². The zero-order chi connectivity index (χ0) is 8.27. The van der Waals surface area contributed by atoms with Gasteiger partial charge in [-0.3, -0.25) is 4.79 Å². The van der Waals surface area contributed by atoms with Crippen molar-refractivity contribution < 1.29 is 9.53 Å². The van der Waals surface area contributed by atoms with Crippen LogP contribution in [0.5, 0.6) is 0 Å². The van der Waals surface area contributed by atoms with Crippen molar-refractivity contribution in [3.8, 4) is 0 Å². The number of carbonyl (C=O) groups is 1. The first-order valence-corrected chi connectivity index (χ1v) is 3.78. The van der Waals surface area contributed by atoms with E-state index in [1.807, 2.05) is 0 Å². The Bertz CT molecular complexity index is 149. The molecule has 0 bridgehead atoms. The highest BCUT2D eigenvalue weighted by atomic mass is 16.5. The number of esters is 1. The molecule has 1 heterocycles. The number of carbonyl (C=O) groups excluding carboxylic acids is 1. The van der Waals surface area contributed by atoms with Crippen LogP contribution in [-0.4, -0.2) is 32.2 Å². The van der Waals surface area contributed by atoms with E-state index in [2.05, 4.69) is 10.1 Å². The van der Waals surface area contributed by atoms with Gasteiger partial charge in [-0.2, -0.15) is 0 Å². The molecule has 1 aliphatic rings. The highest BCUT2D eigenvalue weighted by Gasteiger charge is 2.25. The van der Waals surface area contributed by atoms with Gasteiger partial charge in [-0.15, -0.1) is 0 Å². The predicted molar refractivity (Wildman–Crippen MR) is 41.0 cm³/mol. The maximum absolute atomic E-state index is 11.0. The van der Waals surface area contributed by atoms with Crippen molar-refractivity contribution in [2.75, 3.05) is 20.2 Å². The summed E-state index contributed by atoms with van der Waals surface area (Å²) in [7, 11) is 1.41. The summed E-state index contributed by atoms with van der Waals surface area (Å²) in [6.45, 7) is 1.49. The number of rotatable bonds is 1. The fourth-order valence-corrected chi connectivity index (χ4v) is 1.32. The van der Waals surface area contributed by atoms with Crippen molar-refractivity contribution in [1.82, 2.24) is 5.32 Å². The summed E-state index contributed by atoms with van der Waals surface area (Å²) in [4.78, 5) is 11.0. The van der Waals surface area contributed by atoms with Gasteiger partial charge in [0, 0.05) is 19.1 Å². The lowest BCUT2D eigenvalue weighted by molar-refractivity contribution is -0.146. The molecule has 0 spiro atoms. The molecular weight excluding hydrogens is 144 g/mol. The number of hydrogen-bond acceptors (Lipinski definition) is 4. The molecule has 3 N–H and O–H groups in total. The second kappa shape index (κ2) is 3.69. The zero-order valence-corrected chi connectivity index (χ0v) is 6.67. The first-order valence-electron chi connectivity index (χ1n) is 3.78. The normalized spacial score (nSPS) is 31.5. The maximum atomic E-state index is 11.0. The lowest BCUT2D eigenvalue weighted by Crippen LogP contribution is -2.46. The number of methoxy groups -OCH3 is 1. The largest absolute Gasteiger partial charge is 0.469 e. The van der Waals surface area contributed by atoms with Gasteiger partial charge < -0.3 is 15.8 Å². The Kier molecular flexibility index (Phi) is 2.84. The minimum atomic E-state index is -0.160. The summed E-state index contributed by atoms with van der Waals surface area (Å²) in [5.41, 5.74) is 5.65. The van der Waals surface area contributed by atoms with Crippen molar-refractivity contribution in [3.05, 3.63) is 0 Å². The van der Waals surface area contributed by atoms with Gasteiger partial charge in [0.1, 0.15) is 0 Å². The molecule has 1 aliphatic heterocycles. The Morgan fingerprint density at radius 1 is 1.64 bits per heavy atom. The Labute approximate surface area is 66.1 Å². The van der Waals surface area contributed by atoms with E-state index in [0.717, 1.165) is 13.0 Å². The van der Waals surface area contributed by atoms with E-state index >= 15 is 0 Å². The van der Waals surface area contributed by atoms with Gasteiger partial charge in [0.2, 0.25) is 0 Å². The van der Waals surface area contributed by atoms with Crippen molar-refractivity contribution >= 4 is 5.97 Å². The molecule has 0 aliphatic carbocycles. The summed E-state index contributed by atoms with van der Waals surface area (Å²) in [5.74, 6) is -0.212. The molecule has 0 saturated carbocycles. The summed E-state index contributed by atoms with van der Waals surface area (Å²) in [5, 5.41) is 3.07. The van der Waals surface area contributed by atoms with E-state index in [0.29, 0.717) is 6.54 Å². The Morgan fingerprint density at radius 2 is 2.36 bits per heavy atom. The minimum absolute atomic E-state index is 0.0521. The number of nitrogens with one attached hydrogen (secondary N) is 1. The first kappa shape index (κ1) is 8.49. The van der Waals surface area contributed by atoms with Crippen molar-refractivity contribution in [1.29, 1.82) is 0 Å². The highest BCUT2D eigenvalue weighted by molar-refractivity contribution is 5.72. The van der Waals surface area contributed by atoms with E-state index in [1.165, 1.54) is 7.11 Å². The summed E-state index contributed by atoms with van der Waals surface area (Å²) >= 11 is 0. The van der Waals surface area contributed by atoms with Gasteiger partial charge in [-0.05, 0) is 6.42 Å². The molecule has 0 aromatic heterocycles. The maximum Gasteiger partial charge on any atom is 0.310 e. The van der Waals surface area contributed by atoms with Crippen LogP contribution in [0.25, 0.3) is 0 Å². The van der Waals surface area contributed by atoms with Crippen LogP contribution in [0.4, 0.5) is 0 Å². The smallest absolute Gasteiger partial charge is 0.310 e. The average Bonchev–Trinajstić information content (AvgIpc) is 2.03. The molecule has 4 nitrogen and oxygen atoms in total. The number of hydrogen-bond donors (Lipinski definition) is 2. The SMILES string of the molecule is COC(=O)[C@H]1CNC[C@@H](N)C1. The van der Waals surface area contributed by atoms with Crippen molar-refractivity contribution in [2.45, 2.75) is 12.5 Å². The third kappa shape index (κ3) is 2.17. The second-order valence-electron chi connectivity index (χ2n) is 2.87. The van der Waals surface area contributed by atoms with Crippen LogP contribution in [0.3, 0.4) is 0 Å². The fourth-order valence-electron chi connectivity index (χ4n) is 1.32. The van der Waals surface area contributed by atoms with Crippen LogP contribution in [0.2, 0.25) is 0 Å². The molecule has 0 radical (unpaired) electrons. The van der Waals surface area contributed by atoms with Crippen LogP contribution >= 0.6 is 0 Å². The van der Waals surface area contributed by atoms with Crippen molar-refractivity contribution in [3.63, 3.8) is 0 Å². The van der Waals surface area contributed by atoms with Crippen LogP contribution in [0.15, 0.2) is 0 Å². The lowest BCUT2D eigenvalue weighted by atomic mass is 9.97. The Balaban J connectivity index is 2.39. The van der Waals surface area contributed by atoms with Gasteiger partial charge in [0.15, 0.2) is 0 Å². The molecule has 0 amide bonds. The molecule has 1 fully saturated rings. The van der Waals surface area contributed by atoms with Gasteiger partial charge in [0.05, 0.1) is 13.0 Å². The van der Waals surface area contributed by atoms with Gasteiger partial charge >= 0.3 is 5.97 Å². The quantitative estimate of drug-likeness (QED) is 0.485. The Hall–Kier alpha value is -0.610. The number of piperidine rings is 1. The number of nitrogens with two attached hydrogens (primary N) is 1. The molecule has 64 valence electrons. The highest BCUT2D eigenvalue weighted by Crippen LogP contribution is 2.10. The third-order valence-electron chi connectivity index (χ3n) is 1.92. The molecule has 0 unspecified atom stereocenters. The van der Waals surface area contributed by atoms with Crippen LogP contribution in [0.1, 0.15) is 6.42 Å². The van der Waals surface area contributed by atoms with E-state index in [4.69, 9.17) is 5.73 Å². The molecule has 11 heavy (non-hydrogen) atoms. The summed E-state index contributed by atoms with van der Waals surface area (Å²) in [6.07, 6.45) is 0.736. The molecule has 1 saturated heterocycles. The molecular formula is C7H14N2O2. The zero-order valence-electron chi connectivity index (χ0n) is 6.67. The van der Waals surface area contributed by atoms with Gasteiger partial charge in [-0.1, -0.05) is 0 Å². The average molecular weight is 158 g/mol. The first-order chi connectivity index (χ1) is 5.24. The molecule has 4 heteroatoms. The van der Waals surface area contributed by atoms with E-state index in [-0.39, 0.29) is 17.9 Å². The van der Waals surface area contributed by atoms with E-state index < -0.39 is 0 Å². The molecule has 0 aromatic rings. The van der Waals surface area contributed by atoms with Crippen molar-refractivity contribution in [2.24, 2.45) is 11.7 Å². The van der Waals surface area contributed by atoms with Crippen LogP contribution in [0, 0.1) is 5.92 Å². The molecule has 2 atom stereocenters. The molecule has 1 rings (SSSR count). The summed E-state index contributed by atoms with van der Waals surface area (Å²) in [6, 6.07) is 0.0906. The molecule has 0 aromatic carbocycles. The third-order valence-corrected chi connectivity index (χ3v) is 1.92. The fraction of sp³-hybridized carbons (Fsp3) is 0.857. The number of ether oxygens (including phenoxy) is 1. The second-order valence-corrected chi connectivity index (χ2v) is 2.87. The monoisotopic (exact) mass is 158 g/mol. The lowest BCUT2D eigenvalue weighted by Gasteiger charge is -2.25. The van der Waals surface area contributed by atoms with Crippen LogP contribution in [-0.2, 0) is 9.53 Å².